The monoisotopic (exact) mass is 459 g/mol. The smallest absolute Gasteiger partial charge is 0.240 e. The van der Waals surface area contributed by atoms with Crippen molar-refractivity contribution in [3.8, 4) is 11.8 Å². The van der Waals surface area contributed by atoms with Gasteiger partial charge in [-0.2, -0.15) is 5.26 Å². The number of carbonyl (C=O) groups is 1. The predicted molar refractivity (Wildman–Crippen MR) is 123 cm³/mol. The molecule has 8 heteroatoms. The standard InChI is InChI=1S/C26H26FN5O2/c27-23-10-17(4-5-19(23)12-28)15-31-16-29-13-20(31)14-30-24-8-9-32(26(24)34)25-3-1-2-18-6-7-21(33)11-22(18)25/h4-7,10-11,13,16,24-25,30,33H,1-3,8-9,14-15H2/t24-,25-/m1/s1. The Hall–Kier alpha value is -3.70. The van der Waals surface area contributed by atoms with E-state index in [2.05, 4.69) is 10.3 Å². The number of halogens is 1. The Morgan fingerprint density at radius 3 is 2.94 bits per heavy atom. The molecule has 174 valence electrons. The number of hydrogen-bond donors (Lipinski definition) is 2. The number of likely N-dealkylation sites (tertiary alicyclic amines) is 1. The largest absolute Gasteiger partial charge is 0.508 e. The van der Waals surface area contributed by atoms with E-state index >= 15 is 0 Å². The van der Waals surface area contributed by atoms with Gasteiger partial charge in [0.15, 0.2) is 0 Å². The maximum Gasteiger partial charge on any atom is 0.240 e. The molecule has 34 heavy (non-hydrogen) atoms. The van der Waals surface area contributed by atoms with Crippen molar-refractivity contribution in [2.75, 3.05) is 6.54 Å². The topological polar surface area (TPSA) is 94.2 Å². The van der Waals surface area contributed by atoms with Crippen molar-refractivity contribution in [1.82, 2.24) is 19.8 Å². The molecule has 7 nitrogen and oxygen atoms in total. The molecule has 2 aromatic carbocycles. The van der Waals surface area contributed by atoms with E-state index in [-0.39, 0.29) is 29.3 Å². The maximum absolute atomic E-state index is 14.0. The van der Waals surface area contributed by atoms with Crippen LogP contribution in [0.2, 0.25) is 0 Å². The first kappa shape index (κ1) is 22.1. The number of nitriles is 1. The summed E-state index contributed by atoms with van der Waals surface area (Å²) < 4.78 is 15.9. The second-order valence-electron chi connectivity index (χ2n) is 8.98. The van der Waals surface area contributed by atoms with E-state index in [0.717, 1.165) is 42.5 Å². The van der Waals surface area contributed by atoms with Gasteiger partial charge in [-0.15, -0.1) is 0 Å². The number of aromatic nitrogens is 2. The Labute approximate surface area is 197 Å². The van der Waals surface area contributed by atoms with E-state index in [9.17, 15) is 14.3 Å². The minimum atomic E-state index is -0.533. The molecule has 1 aliphatic carbocycles. The van der Waals surface area contributed by atoms with Gasteiger partial charge in [0.05, 0.1) is 29.7 Å². The summed E-state index contributed by atoms with van der Waals surface area (Å²) in [5.41, 5.74) is 3.92. The van der Waals surface area contributed by atoms with Crippen LogP contribution in [0.3, 0.4) is 0 Å². The zero-order valence-electron chi connectivity index (χ0n) is 18.7. The van der Waals surface area contributed by atoms with Crippen LogP contribution in [0.4, 0.5) is 4.39 Å². The van der Waals surface area contributed by atoms with Crippen LogP contribution in [0.1, 0.15) is 53.3 Å². The minimum Gasteiger partial charge on any atom is -0.508 e. The number of rotatable bonds is 6. The molecule has 2 N–H and O–H groups in total. The van der Waals surface area contributed by atoms with E-state index in [4.69, 9.17) is 5.26 Å². The van der Waals surface area contributed by atoms with Crippen LogP contribution >= 0.6 is 0 Å². The predicted octanol–water partition coefficient (Wildman–Crippen LogP) is 3.42. The van der Waals surface area contributed by atoms with Gasteiger partial charge in [0.2, 0.25) is 5.91 Å². The molecule has 1 amide bonds. The Balaban J connectivity index is 1.24. The highest BCUT2D eigenvalue weighted by atomic mass is 19.1. The third kappa shape index (κ3) is 4.27. The molecule has 1 fully saturated rings. The summed E-state index contributed by atoms with van der Waals surface area (Å²) in [6.45, 7) is 1.57. The van der Waals surface area contributed by atoms with Crippen LogP contribution < -0.4 is 5.32 Å². The summed E-state index contributed by atoms with van der Waals surface area (Å²) >= 11 is 0. The number of benzene rings is 2. The molecule has 3 aromatic rings. The summed E-state index contributed by atoms with van der Waals surface area (Å²) in [6, 6.07) is 11.6. The minimum absolute atomic E-state index is 0.00644. The number of hydrogen-bond acceptors (Lipinski definition) is 5. The molecule has 2 heterocycles. The number of phenols is 1. The SMILES string of the molecule is N#Cc1ccc(Cn2cncc2CN[C@@H]2CCN([C@@H]3CCCc4ccc(O)cc43)C2=O)cc1F. The van der Waals surface area contributed by atoms with Crippen LogP contribution in [-0.4, -0.2) is 38.1 Å². The van der Waals surface area contributed by atoms with E-state index in [1.54, 1.807) is 30.7 Å². The van der Waals surface area contributed by atoms with Crippen molar-refractivity contribution in [2.45, 2.75) is 50.9 Å². The lowest BCUT2D eigenvalue weighted by Gasteiger charge is -2.33. The quantitative estimate of drug-likeness (QED) is 0.589. The van der Waals surface area contributed by atoms with Gasteiger partial charge < -0.3 is 19.9 Å². The van der Waals surface area contributed by atoms with Gasteiger partial charge in [0.1, 0.15) is 17.6 Å². The fourth-order valence-corrected chi connectivity index (χ4v) is 5.10. The fourth-order valence-electron chi connectivity index (χ4n) is 5.10. The number of nitrogens with one attached hydrogen (secondary N) is 1. The summed E-state index contributed by atoms with van der Waals surface area (Å²) in [7, 11) is 0. The van der Waals surface area contributed by atoms with Crippen LogP contribution in [0.5, 0.6) is 5.75 Å². The molecule has 0 saturated carbocycles. The number of imidazole rings is 1. The molecule has 0 spiro atoms. The van der Waals surface area contributed by atoms with Crippen molar-refractivity contribution in [1.29, 1.82) is 5.26 Å². The molecule has 1 aromatic heterocycles. The zero-order valence-corrected chi connectivity index (χ0v) is 18.7. The van der Waals surface area contributed by atoms with Crippen molar-refractivity contribution in [2.24, 2.45) is 0 Å². The Morgan fingerprint density at radius 2 is 2.12 bits per heavy atom. The van der Waals surface area contributed by atoms with Crippen molar-refractivity contribution < 1.29 is 14.3 Å². The number of phenolic OH excluding ortho intramolecular Hbond substituents is 1. The molecule has 1 saturated heterocycles. The number of aryl methyl sites for hydroxylation is 1. The molecular formula is C26H26FN5O2. The molecule has 0 radical (unpaired) electrons. The lowest BCUT2D eigenvalue weighted by atomic mass is 9.86. The Bertz CT molecular complexity index is 1260. The van der Waals surface area contributed by atoms with Crippen molar-refractivity contribution in [3.63, 3.8) is 0 Å². The van der Waals surface area contributed by atoms with Crippen LogP contribution in [0.25, 0.3) is 0 Å². The maximum atomic E-state index is 14.0. The van der Waals surface area contributed by atoms with Gasteiger partial charge in [0, 0.05) is 25.8 Å². The summed E-state index contributed by atoms with van der Waals surface area (Å²) in [4.78, 5) is 19.4. The first-order valence-electron chi connectivity index (χ1n) is 11.6. The molecule has 5 rings (SSSR count). The number of carbonyl (C=O) groups excluding carboxylic acids is 1. The van der Waals surface area contributed by atoms with Crippen molar-refractivity contribution >= 4 is 5.91 Å². The number of nitrogens with zero attached hydrogens (tertiary/aromatic N) is 4. The third-order valence-electron chi connectivity index (χ3n) is 6.86. The average molecular weight is 460 g/mol. The number of aromatic hydroxyl groups is 1. The molecule has 2 atom stereocenters. The zero-order chi connectivity index (χ0) is 23.7. The van der Waals surface area contributed by atoms with Crippen LogP contribution in [0, 0.1) is 17.1 Å². The normalized spacial score (nSPS) is 19.8. The van der Waals surface area contributed by atoms with Crippen molar-refractivity contribution in [3.05, 3.63) is 82.7 Å². The highest BCUT2D eigenvalue weighted by Crippen LogP contribution is 2.38. The number of fused-ring (bicyclic) bond motifs is 1. The first-order valence-corrected chi connectivity index (χ1v) is 11.6. The number of amides is 1. The van der Waals surface area contributed by atoms with Gasteiger partial charge in [-0.05, 0) is 66.6 Å². The lowest BCUT2D eigenvalue weighted by molar-refractivity contribution is -0.131. The summed E-state index contributed by atoms with van der Waals surface area (Å²) in [6.07, 6.45) is 7.05. The second kappa shape index (κ2) is 9.27. The van der Waals surface area contributed by atoms with Gasteiger partial charge in [-0.25, -0.2) is 9.37 Å². The molecule has 0 unspecified atom stereocenters. The highest BCUT2D eigenvalue weighted by Gasteiger charge is 2.38. The third-order valence-corrected chi connectivity index (χ3v) is 6.86. The van der Waals surface area contributed by atoms with Crippen LogP contribution in [0.15, 0.2) is 48.9 Å². The van der Waals surface area contributed by atoms with E-state index in [0.29, 0.717) is 19.6 Å². The van der Waals surface area contributed by atoms with E-state index in [1.807, 2.05) is 21.6 Å². The van der Waals surface area contributed by atoms with Gasteiger partial charge >= 0.3 is 0 Å². The van der Waals surface area contributed by atoms with E-state index in [1.165, 1.54) is 17.7 Å². The molecule has 2 aliphatic rings. The Morgan fingerprint density at radius 1 is 1.24 bits per heavy atom. The highest BCUT2D eigenvalue weighted by molar-refractivity contribution is 5.84. The molecular weight excluding hydrogens is 433 g/mol. The average Bonchev–Trinajstić information content (AvgIpc) is 3.43. The second-order valence-corrected chi connectivity index (χ2v) is 8.98. The summed E-state index contributed by atoms with van der Waals surface area (Å²) in [5, 5.41) is 22.3. The van der Waals surface area contributed by atoms with E-state index < -0.39 is 5.82 Å². The Kier molecular flexibility index (Phi) is 6.03. The van der Waals surface area contributed by atoms with Gasteiger partial charge in [0.25, 0.3) is 0 Å². The van der Waals surface area contributed by atoms with Crippen LogP contribution in [-0.2, 0) is 24.3 Å². The molecule has 0 bridgehead atoms. The van der Waals surface area contributed by atoms with Gasteiger partial charge in [-0.3, -0.25) is 4.79 Å². The fraction of sp³-hybridized carbons (Fsp3) is 0.346. The lowest BCUT2D eigenvalue weighted by Crippen LogP contribution is -2.40. The molecule has 1 aliphatic heterocycles. The first-order chi connectivity index (χ1) is 16.5. The summed E-state index contributed by atoms with van der Waals surface area (Å²) in [5.74, 6) is -0.210. The van der Waals surface area contributed by atoms with Gasteiger partial charge in [-0.1, -0.05) is 12.1 Å².